The maximum atomic E-state index is 13.0. The SMILES string of the molecule is C[C@@H](NC(=O)c1ccc2n[nH]nc2c1)c1ncc(C(=O)Nc2cc(C(F)(F)F)c(Cl)cn2)s1. The van der Waals surface area contributed by atoms with Gasteiger partial charge in [0, 0.05) is 11.8 Å². The second-order valence-corrected chi connectivity index (χ2v) is 8.26. The molecule has 0 fully saturated rings. The van der Waals surface area contributed by atoms with Crippen molar-refractivity contribution in [3.8, 4) is 0 Å². The standard InChI is InChI=1S/C19H13ClF3N7O2S/c1-8(26-16(31)9-2-3-12-13(4-9)29-30-28-12)18-25-7-14(33-18)17(32)27-15-5-10(19(21,22)23)11(20)6-24-15/h2-8H,1H3,(H,26,31)(H,24,27,32)(H,28,29,30)/t8-/m1/s1. The molecular formula is C19H13ClF3N7O2S. The summed E-state index contributed by atoms with van der Waals surface area (Å²) in [6, 6.07) is 4.94. The number of rotatable bonds is 5. The van der Waals surface area contributed by atoms with Crippen LogP contribution in [0, 0.1) is 0 Å². The summed E-state index contributed by atoms with van der Waals surface area (Å²) >= 11 is 6.52. The van der Waals surface area contributed by atoms with Crippen LogP contribution in [0.3, 0.4) is 0 Å². The highest BCUT2D eigenvalue weighted by Gasteiger charge is 2.34. The first-order chi connectivity index (χ1) is 15.6. The zero-order valence-electron chi connectivity index (χ0n) is 16.6. The number of thiazole rings is 1. The predicted molar refractivity (Wildman–Crippen MR) is 114 cm³/mol. The number of hydrogen-bond donors (Lipinski definition) is 3. The van der Waals surface area contributed by atoms with Gasteiger partial charge in [-0.25, -0.2) is 9.97 Å². The van der Waals surface area contributed by atoms with Crippen LogP contribution in [0.1, 0.15) is 43.6 Å². The van der Waals surface area contributed by atoms with E-state index in [2.05, 4.69) is 36.0 Å². The summed E-state index contributed by atoms with van der Waals surface area (Å²) in [5.41, 5.74) is 0.410. The van der Waals surface area contributed by atoms with E-state index >= 15 is 0 Å². The lowest BCUT2D eigenvalue weighted by atomic mass is 10.2. The van der Waals surface area contributed by atoms with Crippen molar-refractivity contribution >= 4 is 51.6 Å². The molecule has 1 aromatic carbocycles. The van der Waals surface area contributed by atoms with Gasteiger partial charge in [-0.15, -0.1) is 11.3 Å². The normalized spacial score (nSPS) is 12.5. The molecule has 2 amide bonds. The van der Waals surface area contributed by atoms with Gasteiger partial charge in [0.1, 0.15) is 26.7 Å². The lowest BCUT2D eigenvalue weighted by molar-refractivity contribution is -0.137. The van der Waals surface area contributed by atoms with E-state index in [0.29, 0.717) is 27.7 Å². The fourth-order valence-corrected chi connectivity index (χ4v) is 3.84. The van der Waals surface area contributed by atoms with Crippen LogP contribution in [0.25, 0.3) is 11.0 Å². The molecule has 0 aliphatic rings. The number of anilines is 1. The van der Waals surface area contributed by atoms with Crippen molar-refractivity contribution in [1.82, 2.24) is 30.7 Å². The van der Waals surface area contributed by atoms with Crippen molar-refractivity contribution < 1.29 is 22.8 Å². The minimum Gasteiger partial charge on any atom is -0.343 e. The van der Waals surface area contributed by atoms with Crippen molar-refractivity contribution in [2.45, 2.75) is 19.1 Å². The van der Waals surface area contributed by atoms with Crippen LogP contribution in [0.4, 0.5) is 19.0 Å². The Labute approximate surface area is 192 Å². The Bertz CT molecular complexity index is 1350. The van der Waals surface area contributed by atoms with E-state index in [4.69, 9.17) is 11.6 Å². The quantitative estimate of drug-likeness (QED) is 0.380. The number of fused-ring (bicyclic) bond motifs is 1. The highest BCUT2D eigenvalue weighted by Crippen LogP contribution is 2.35. The molecule has 3 N–H and O–H groups in total. The maximum Gasteiger partial charge on any atom is 0.418 e. The number of H-pyrrole nitrogens is 1. The minimum atomic E-state index is -4.69. The zero-order chi connectivity index (χ0) is 23.8. The zero-order valence-corrected chi connectivity index (χ0v) is 18.1. The van der Waals surface area contributed by atoms with E-state index in [1.54, 1.807) is 25.1 Å². The van der Waals surface area contributed by atoms with Crippen molar-refractivity contribution in [2.24, 2.45) is 0 Å². The molecule has 9 nitrogen and oxygen atoms in total. The van der Waals surface area contributed by atoms with Gasteiger partial charge in [-0.1, -0.05) is 11.6 Å². The average Bonchev–Trinajstić information content (AvgIpc) is 3.43. The number of pyridine rings is 1. The van der Waals surface area contributed by atoms with Gasteiger partial charge in [-0.05, 0) is 31.2 Å². The number of benzene rings is 1. The van der Waals surface area contributed by atoms with Gasteiger partial charge in [-0.3, -0.25) is 9.59 Å². The number of amides is 2. The molecule has 170 valence electrons. The first kappa shape index (κ1) is 22.6. The van der Waals surface area contributed by atoms with Crippen LogP contribution in [-0.4, -0.2) is 37.2 Å². The highest BCUT2D eigenvalue weighted by molar-refractivity contribution is 7.13. The van der Waals surface area contributed by atoms with Crippen LogP contribution < -0.4 is 10.6 Å². The summed E-state index contributed by atoms with van der Waals surface area (Å²) in [6.07, 6.45) is -2.62. The first-order valence-electron chi connectivity index (χ1n) is 9.23. The largest absolute Gasteiger partial charge is 0.418 e. The Kier molecular flexibility index (Phi) is 5.99. The monoisotopic (exact) mass is 495 g/mol. The van der Waals surface area contributed by atoms with Gasteiger partial charge in [0.25, 0.3) is 11.8 Å². The van der Waals surface area contributed by atoms with E-state index in [1.807, 2.05) is 0 Å². The Morgan fingerprint density at radius 3 is 2.61 bits per heavy atom. The van der Waals surface area contributed by atoms with Crippen molar-refractivity contribution in [1.29, 1.82) is 0 Å². The Morgan fingerprint density at radius 1 is 1.09 bits per heavy atom. The smallest absolute Gasteiger partial charge is 0.343 e. The fraction of sp³-hybridized carbons (Fsp3) is 0.158. The van der Waals surface area contributed by atoms with Gasteiger partial charge in [0.05, 0.1) is 22.8 Å². The molecule has 3 aromatic heterocycles. The molecular weight excluding hydrogens is 483 g/mol. The number of hydrogen-bond acceptors (Lipinski definition) is 7. The van der Waals surface area contributed by atoms with Gasteiger partial charge in [-0.2, -0.15) is 28.6 Å². The van der Waals surface area contributed by atoms with E-state index < -0.39 is 28.7 Å². The summed E-state index contributed by atoms with van der Waals surface area (Å²) < 4.78 is 39.0. The lowest BCUT2D eigenvalue weighted by Crippen LogP contribution is -2.26. The third-order valence-corrected chi connectivity index (χ3v) is 5.93. The molecule has 0 saturated heterocycles. The summed E-state index contributed by atoms with van der Waals surface area (Å²) in [6.45, 7) is 1.68. The lowest BCUT2D eigenvalue weighted by Gasteiger charge is -2.11. The molecule has 4 rings (SSSR count). The summed E-state index contributed by atoms with van der Waals surface area (Å²) in [7, 11) is 0. The van der Waals surface area contributed by atoms with Crippen LogP contribution in [-0.2, 0) is 6.18 Å². The number of aromatic amines is 1. The van der Waals surface area contributed by atoms with E-state index in [9.17, 15) is 22.8 Å². The maximum absolute atomic E-state index is 13.0. The van der Waals surface area contributed by atoms with Crippen molar-refractivity contribution in [2.75, 3.05) is 5.32 Å². The van der Waals surface area contributed by atoms with Crippen LogP contribution in [0.2, 0.25) is 5.02 Å². The molecule has 4 aromatic rings. The topological polar surface area (TPSA) is 126 Å². The molecule has 0 aliphatic carbocycles. The molecule has 0 spiro atoms. The Morgan fingerprint density at radius 2 is 1.85 bits per heavy atom. The minimum absolute atomic E-state index is 0.125. The third-order valence-electron chi connectivity index (χ3n) is 4.45. The molecule has 1 atom stereocenters. The summed E-state index contributed by atoms with van der Waals surface area (Å²) in [5, 5.41) is 15.2. The molecule has 0 radical (unpaired) electrons. The number of aromatic nitrogens is 5. The van der Waals surface area contributed by atoms with Crippen LogP contribution >= 0.6 is 22.9 Å². The number of halogens is 4. The van der Waals surface area contributed by atoms with Crippen LogP contribution in [0.5, 0.6) is 0 Å². The second-order valence-electron chi connectivity index (χ2n) is 6.79. The molecule has 33 heavy (non-hydrogen) atoms. The van der Waals surface area contributed by atoms with Gasteiger partial charge >= 0.3 is 6.18 Å². The number of carbonyl (C=O) groups excluding carboxylic acids is 2. The van der Waals surface area contributed by atoms with Crippen molar-refractivity contribution in [3.63, 3.8) is 0 Å². The molecule has 3 heterocycles. The fourth-order valence-electron chi connectivity index (χ4n) is 2.82. The number of nitrogens with zero attached hydrogens (tertiary/aromatic N) is 4. The second kappa shape index (κ2) is 8.75. The highest BCUT2D eigenvalue weighted by atomic mass is 35.5. The molecule has 0 aliphatic heterocycles. The van der Waals surface area contributed by atoms with Gasteiger partial charge in [0.2, 0.25) is 0 Å². The molecule has 14 heteroatoms. The average molecular weight is 496 g/mol. The summed E-state index contributed by atoms with van der Waals surface area (Å²) in [4.78, 5) is 32.9. The predicted octanol–water partition coefficient (Wildman–Crippen LogP) is 4.22. The van der Waals surface area contributed by atoms with E-state index in [0.717, 1.165) is 17.5 Å². The molecule has 0 bridgehead atoms. The van der Waals surface area contributed by atoms with Gasteiger partial charge in [0.15, 0.2) is 0 Å². The van der Waals surface area contributed by atoms with E-state index in [1.165, 1.54) is 6.20 Å². The van der Waals surface area contributed by atoms with E-state index in [-0.39, 0.29) is 16.6 Å². The molecule has 0 saturated carbocycles. The number of carbonyl (C=O) groups is 2. The summed E-state index contributed by atoms with van der Waals surface area (Å²) in [5.74, 6) is -1.38. The van der Waals surface area contributed by atoms with Crippen LogP contribution in [0.15, 0.2) is 36.7 Å². The number of nitrogens with one attached hydrogen (secondary N) is 3. The third kappa shape index (κ3) is 4.93. The number of alkyl halides is 3. The Balaban J connectivity index is 1.43. The van der Waals surface area contributed by atoms with Gasteiger partial charge < -0.3 is 10.6 Å². The molecule has 0 unspecified atom stereocenters. The first-order valence-corrected chi connectivity index (χ1v) is 10.4. The van der Waals surface area contributed by atoms with Crippen molar-refractivity contribution in [3.05, 3.63) is 62.7 Å². The Hall–Kier alpha value is -3.58.